The predicted octanol–water partition coefficient (Wildman–Crippen LogP) is 3.57. The summed E-state index contributed by atoms with van der Waals surface area (Å²) in [7, 11) is 3.95. The van der Waals surface area contributed by atoms with Crippen molar-refractivity contribution in [2.75, 3.05) is 20.6 Å². The van der Waals surface area contributed by atoms with E-state index in [4.69, 9.17) is 9.40 Å². The van der Waals surface area contributed by atoms with Crippen LogP contribution in [0.5, 0.6) is 0 Å². The lowest BCUT2D eigenvalue weighted by Gasteiger charge is -2.22. The third-order valence-corrected chi connectivity index (χ3v) is 5.41. The Morgan fingerprint density at radius 1 is 1.31 bits per heavy atom. The molecule has 7 heteroatoms. The van der Waals surface area contributed by atoms with Gasteiger partial charge in [-0.25, -0.2) is 9.67 Å². The summed E-state index contributed by atoms with van der Waals surface area (Å²) in [5, 5.41) is 8.58. The van der Waals surface area contributed by atoms with E-state index in [1.165, 1.54) is 0 Å². The zero-order valence-electron chi connectivity index (χ0n) is 18.2. The molecule has 3 rings (SSSR count). The van der Waals surface area contributed by atoms with Gasteiger partial charge in [-0.05, 0) is 71.5 Å². The molecule has 1 unspecified atom stereocenters. The number of furan rings is 1. The minimum atomic E-state index is 0.0114. The van der Waals surface area contributed by atoms with Crippen LogP contribution in [0.1, 0.15) is 54.9 Å². The van der Waals surface area contributed by atoms with Crippen molar-refractivity contribution in [3.05, 3.63) is 47.2 Å². The van der Waals surface area contributed by atoms with Crippen LogP contribution in [0, 0.1) is 13.8 Å². The maximum atomic E-state index is 12.5. The summed E-state index contributed by atoms with van der Waals surface area (Å²) in [6, 6.07) is 4.07. The van der Waals surface area contributed by atoms with Crippen LogP contribution in [-0.4, -0.2) is 46.2 Å². The molecule has 0 aliphatic rings. The smallest absolute Gasteiger partial charge is 0.220 e. The Bertz CT molecular complexity index is 973. The summed E-state index contributed by atoms with van der Waals surface area (Å²) in [6.07, 6.45) is 4.62. The van der Waals surface area contributed by atoms with E-state index in [0.29, 0.717) is 19.4 Å². The lowest BCUT2D eigenvalue weighted by Crippen LogP contribution is -2.34. The second kappa shape index (κ2) is 8.78. The van der Waals surface area contributed by atoms with Crippen LogP contribution >= 0.6 is 0 Å². The van der Waals surface area contributed by atoms with Crippen molar-refractivity contribution < 1.29 is 9.21 Å². The number of nitrogens with zero attached hydrogens (tertiary/aromatic N) is 4. The highest BCUT2D eigenvalue weighted by Gasteiger charge is 2.19. The monoisotopic (exact) mass is 397 g/mol. The van der Waals surface area contributed by atoms with Gasteiger partial charge in [-0.3, -0.25) is 9.69 Å². The molecule has 156 valence electrons. The van der Waals surface area contributed by atoms with Crippen molar-refractivity contribution >= 4 is 16.9 Å². The molecule has 7 nitrogen and oxygen atoms in total. The van der Waals surface area contributed by atoms with E-state index in [0.717, 1.165) is 33.6 Å². The Morgan fingerprint density at radius 2 is 2.07 bits per heavy atom. The molecular formula is C22H31N5O2. The number of carbonyl (C=O) groups is 1. The zero-order valence-corrected chi connectivity index (χ0v) is 18.2. The molecule has 0 fully saturated rings. The fourth-order valence-corrected chi connectivity index (χ4v) is 3.69. The predicted molar refractivity (Wildman–Crippen MR) is 114 cm³/mol. The van der Waals surface area contributed by atoms with Crippen molar-refractivity contribution in [1.29, 1.82) is 0 Å². The number of fused-ring (bicyclic) bond motifs is 1. The van der Waals surface area contributed by atoms with Crippen LogP contribution in [0.3, 0.4) is 0 Å². The first-order valence-electron chi connectivity index (χ1n) is 10.1. The van der Waals surface area contributed by atoms with Crippen LogP contribution in [0.4, 0.5) is 0 Å². The van der Waals surface area contributed by atoms with Gasteiger partial charge in [0.05, 0.1) is 18.5 Å². The molecule has 0 radical (unpaired) electrons. The van der Waals surface area contributed by atoms with Crippen LogP contribution in [0.15, 0.2) is 29.0 Å². The number of hydrogen-bond acceptors (Lipinski definition) is 5. The molecule has 0 saturated heterocycles. The van der Waals surface area contributed by atoms with Crippen molar-refractivity contribution in [2.45, 2.75) is 52.6 Å². The maximum Gasteiger partial charge on any atom is 0.220 e. The van der Waals surface area contributed by atoms with Gasteiger partial charge in [0.25, 0.3) is 0 Å². The first kappa shape index (κ1) is 21.0. The van der Waals surface area contributed by atoms with Crippen LogP contribution in [0.25, 0.3) is 11.0 Å². The normalized spacial score (nSPS) is 12.8. The summed E-state index contributed by atoms with van der Waals surface area (Å²) in [6.45, 7) is 8.81. The zero-order chi connectivity index (χ0) is 21.1. The quantitative estimate of drug-likeness (QED) is 0.629. The van der Waals surface area contributed by atoms with Gasteiger partial charge >= 0.3 is 0 Å². The standard InChI is InChI=1S/C22H31N5O2/c1-14(2)27-22-18(12-24-27)15(3)17(16(4)25-22)9-10-21(28)23-13-19(26(5)6)20-8-7-11-29-20/h7-8,11-12,14,19H,9-10,13H2,1-6H3,(H,23,28). The van der Waals surface area contributed by atoms with Crippen LogP contribution < -0.4 is 5.32 Å². The van der Waals surface area contributed by atoms with Crippen LogP contribution in [0.2, 0.25) is 0 Å². The van der Waals surface area contributed by atoms with Gasteiger partial charge < -0.3 is 9.73 Å². The Kier molecular flexibility index (Phi) is 6.37. The van der Waals surface area contributed by atoms with Crippen molar-refractivity contribution in [3.63, 3.8) is 0 Å². The summed E-state index contributed by atoms with van der Waals surface area (Å²) < 4.78 is 7.45. The highest BCUT2D eigenvalue weighted by molar-refractivity contribution is 5.81. The summed E-state index contributed by atoms with van der Waals surface area (Å²) in [5.74, 6) is 0.874. The number of likely N-dealkylation sites (N-methyl/N-ethyl adjacent to an activating group) is 1. The second-order valence-corrected chi connectivity index (χ2v) is 8.02. The topological polar surface area (TPSA) is 76.2 Å². The molecule has 3 heterocycles. The molecule has 3 aromatic heterocycles. The Balaban J connectivity index is 1.66. The minimum absolute atomic E-state index is 0.0114. The molecule has 3 aromatic rings. The van der Waals surface area contributed by atoms with Gasteiger partial charge in [0.2, 0.25) is 5.91 Å². The lowest BCUT2D eigenvalue weighted by molar-refractivity contribution is -0.121. The number of carbonyl (C=O) groups excluding carboxylic acids is 1. The molecule has 0 aliphatic carbocycles. The molecule has 0 spiro atoms. The summed E-state index contributed by atoms with van der Waals surface area (Å²) >= 11 is 0. The average Bonchev–Trinajstić information content (AvgIpc) is 3.31. The van der Waals surface area contributed by atoms with E-state index in [2.05, 4.69) is 31.2 Å². The lowest BCUT2D eigenvalue weighted by atomic mass is 10.0. The molecule has 1 N–H and O–H groups in total. The summed E-state index contributed by atoms with van der Waals surface area (Å²) in [4.78, 5) is 19.3. The van der Waals surface area contributed by atoms with Crippen molar-refractivity contribution in [1.82, 2.24) is 25.0 Å². The van der Waals surface area contributed by atoms with E-state index >= 15 is 0 Å². The first-order chi connectivity index (χ1) is 13.8. The fourth-order valence-electron chi connectivity index (χ4n) is 3.69. The van der Waals surface area contributed by atoms with E-state index < -0.39 is 0 Å². The van der Waals surface area contributed by atoms with E-state index in [1.807, 2.05) is 48.9 Å². The molecule has 0 bridgehead atoms. The number of aryl methyl sites for hydroxylation is 2. The van der Waals surface area contributed by atoms with E-state index in [1.54, 1.807) is 6.26 Å². The molecule has 29 heavy (non-hydrogen) atoms. The van der Waals surface area contributed by atoms with Gasteiger partial charge in [-0.15, -0.1) is 0 Å². The van der Waals surface area contributed by atoms with Gasteiger partial charge in [0.1, 0.15) is 5.76 Å². The van der Waals surface area contributed by atoms with Crippen LogP contribution in [-0.2, 0) is 11.2 Å². The molecule has 1 atom stereocenters. The molecule has 1 amide bonds. The number of nitrogens with one attached hydrogen (secondary N) is 1. The summed E-state index contributed by atoms with van der Waals surface area (Å²) in [5.41, 5.74) is 4.17. The Morgan fingerprint density at radius 3 is 2.69 bits per heavy atom. The molecular weight excluding hydrogens is 366 g/mol. The Hall–Kier alpha value is -2.67. The highest BCUT2D eigenvalue weighted by atomic mass is 16.3. The maximum absolute atomic E-state index is 12.5. The van der Waals surface area contributed by atoms with Gasteiger partial charge in [0, 0.05) is 30.1 Å². The van der Waals surface area contributed by atoms with Gasteiger partial charge in [-0.1, -0.05) is 0 Å². The number of aromatic nitrogens is 3. The minimum Gasteiger partial charge on any atom is -0.468 e. The molecule has 0 saturated carbocycles. The highest BCUT2D eigenvalue weighted by Crippen LogP contribution is 2.25. The number of rotatable bonds is 8. The van der Waals surface area contributed by atoms with E-state index in [-0.39, 0.29) is 18.0 Å². The molecule has 0 aliphatic heterocycles. The first-order valence-corrected chi connectivity index (χ1v) is 10.1. The van der Waals surface area contributed by atoms with Gasteiger partial charge in [-0.2, -0.15) is 5.10 Å². The third kappa shape index (κ3) is 4.50. The molecule has 0 aromatic carbocycles. The average molecular weight is 398 g/mol. The van der Waals surface area contributed by atoms with E-state index in [9.17, 15) is 4.79 Å². The number of pyridine rings is 1. The third-order valence-electron chi connectivity index (χ3n) is 5.41. The SMILES string of the molecule is Cc1nc2c(cnn2C(C)C)c(C)c1CCC(=O)NCC(c1ccco1)N(C)C. The van der Waals surface area contributed by atoms with Gasteiger partial charge in [0.15, 0.2) is 5.65 Å². The second-order valence-electron chi connectivity index (χ2n) is 8.02. The number of hydrogen-bond donors (Lipinski definition) is 1. The van der Waals surface area contributed by atoms with Crippen molar-refractivity contribution in [3.8, 4) is 0 Å². The largest absolute Gasteiger partial charge is 0.468 e. The number of amides is 1. The fraction of sp³-hybridized carbons (Fsp3) is 0.500. The Labute approximate surface area is 172 Å². The van der Waals surface area contributed by atoms with Crippen molar-refractivity contribution in [2.24, 2.45) is 0 Å².